The van der Waals surface area contributed by atoms with Gasteiger partial charge in [-0.1, -0.05) is 12.1 Å². The Morgan fingerprint density at radius 3 is 2.68 bits per heavy atom. The maximum absolute atomic E-state index is 5.44. The first-order valence-corrected chi connectivity index (χ1v) is 7.90. The van der Waals surface area contributed by atoms with E-state index in [-0.39, 0.29) is 24.0 Å². The Bertz CT molecular complexity index is 646. The second kappa shape index (κ2) is 11.6. The lowest BCUT2D eigenvalue weighted by Crippen LogP contribution is -2.37. The van der Waals surface area contributed by atoms with E-state index in [1.807, 2.05) is 35.1 Å². The summed E-state index contributed by atoms with van der Waals surface area (Å²) >= 11 is 0. The SMILES string of the molecule is CN=C(NCCCn1cccn1)NCc1cccc(OC)c1OC.I. The van der Waals surface area contributed by atoms with Gasteiger partial charge in [0.05, 0.1) is 14.2 Å². The fourth-order valence-electron chi connectivity index (χ4n) is 2.37. The van der Waals surface area contributed by atoms with E-state index in [0.717, 1.165) is 42.5 Å². The summed E-state index contributed by atoms with van der Waals surface area (Å²) in [6, 6.07) is 7.75. The Balaban J connectivity index is 0.00000312. The molecule has 0 saturated carbocycles. The Kier molecular flexibility index (Phi) is 9.75. The van der Waals surface area contributed by atoms with Gasteiger partial charge in [0.2, 0.25) is 0 Å². The third kappa shape index (κ3) is 6.45. The van der Waals surface area contributed by atoms with Crippen LogP contribution < -0.4 is 20.1 Å². The van der Waals surface area contributed by atoms with Crippen molar-refractivity contribution in [3.05, 3.63) is 42.2 Å². The smallest absolute Gasteiger partial charge is 0.191 e. The van der Waals surface area contributed by atoms with Crippen molar-refractivity contribution in [1.82, 2.24) is 20.4 Å². The van der Waals surface area contributed by atoms with E-state index < -0.39 is 0 Å². The number of guanidine groups is 1. The Morgan fingerprint density at radius 2 is 2.04 bits per heavy atom. The first-order valence-electron chi connectivity index (χ1n) is 7.90. The van der Waals surface area contributed by atoms with Crippen molar-refractivity contribution in [1.29, 1.82) is 0 Å². The Labute approximate surface area is 165 Å². The maximum atomic E-state index is 5.44. The average Bonchev–Trinajstić information content (AvgIpc) is 3.14. The summed E-state index contributed by atoms with van der Waals surface area (Å²) in [6.07, 6.45) is 4.71. The van der Waals surface area contributed by atoms with Crippen molar-refractivity contribution >= 4 is 29.9 Å². The largest absolute Gasteiger partial charge is 0.493 e. The van der Waals surface area contributed by atoms with Crippen LogP contribution in [0.1, 0.15) is 12.0 Å². The molecular formula is C17H26IN5O2. The Hall–Kier alpha value is -1.97. The highest BCUT2D eigenvalue weighted by Gasteiger charge is 2.09. The van der Waals surface area contributed by atoms with E-state index >= 15 is 0 Å². The van der Waals surface area contributed by atoms with Crippen LogP contribution in [-0.2, 0) is 13.1 Å². The number of aliphatic imine (C=N–C) groups is 1. The number of methoxy groups -OCH3 is 2. The van der Waals surface area contributed by atoms with Crippen molar-refractivity contribution in [3.63, 3.8) is 0 Å². The van der Waals surface area contributed by atoms with Gasteiger partial charge in [0, 0.05) is 44.6 Å². The molecule has 0 atom stereocenters. The molecule has 0 spiro atoms. The maximum Gasteiger partial charge on any atom is 0.191 e. The van der Waals surface area contributed by atoms with Crippen LogP contribution in [0, 0.1) is 0 Å². The molecule has 0 amide bonds. The summed E-state index contributed by atoms with van der Waals surface area (Å²) in [4.78, 5) is 4.24. The van der Waals surface area contributed by atoms with Gasteiger partial charge in [-0.15, -0.1) is 24.0 Å². The summed E-state index contributed by atoms with van der Waals surface area (Å²) in [7, 11) is 5.03. The molecule has 2 aromatic rings. The number of hydrogen-bond donors (Lipinski definition) is 2. The molecule has 2 N–H and O–H groups in total. The topological polar surface area (TPSA) is 72.7 Å². The summed E-state index contributed by atoms with van der Waals surface area (Å²) < 4.78 is 12.7. The van der Waals surface area contributed by atoms with E-state index in [4.69, 9.17) is 9.47 Å². The molecule has 0 bridgehead atoms. The van der Waals surface area contributed by atoms with Crippen molar-refractivity contribution in [2.75, 3.05) is 27.8 Å². The molecule has 1 aromatic carbocycles. The zero-order valence-corrected chi connectivity index (χ0v) is 17.2. The first kappa shape index (κ1) is 21.1. The molecule has 1 heterocycles. The quantitative estimate of drug-likeness (QED) is 0.274. The van der Waals surface area contributed by atoms with Gasteiger partial charge in [-0.25, -0.2) is 0 Å². The number of aromatic nitrogens is 2. The zero-order chi connectivity index (χ0) is 17.2. The van der Waals surface area contributed by atoms with Crippen LogP contribution >= 0.6 is 24.0 Å². The van der Waals surface area contributed by atoms with Crippen LogP contribution in [0.15, 0.2) is 41.7 Å². The third-order valence-corrected chi connectivity index (χ3v) is 3.57. The van der Waals surface area contributed by atoms with Gasteiger partial charge in [-0.2, -0.15) is 5.10 Å². The summed E-state index contributed by atoms with van der Waals surface area (Å²) in [5.41, 5.74) is 1.01. The highest BCUT2D eigenvalue weighted by Crippen LogP contribution is 2.30. The van der Waals surface area contributed by atoms with Gasteiger partial charge in [0.25, 0.3) is 0 Å². The van der Waals surface area contributed by atoms with Crippen LogP contribution in [0.5, 0.6) is 11.5 Å². The predicted molar refractivity (Wildman–Crippen MR) is 110 cm³/mol. The summed E-state index contributed by atoms with van der Waals surface area (Å²) in [6.45, 7) is 2.29. The van der Waals surface area contributed by atoms with E-state index in [0.29, 0.717) is 6.54 Å². The normalized spacial score (nSPS) is 10.8. The zero-order valence-electron chi connectivity index (χ0n) is 14.9. The molecular weight excluding hydrogens is 433 g/mol. The molecule has 0 aliphatic heterocycles. The highest BCUT2D eigenvalue weighted by atomic mass is 127. The number of ether oxygens (including phenoxy) is 2. The van der Waals surface area contributed by atoms with E-state index in [9.17, 15) is 0 Å². The second-order valence-electron chi connectivity index (χ2n) is 5.13. The summed E-state index contributed by atoms with van der Waals surface area (Å²) in [5, 5.41) is 10.8. The molecule has 0 unspecified atom stereocenters. The first-order chi connectivity index (χ1) is 11.8. The van der Waals surface area contributed by atoms with Crippen LogP contribution in [0.2, 0.25) is 0 Å². The molecule has 2 rings (SSSR count). The number of nitrogens with one attached hydrogen (secondary N) is 2. The van der Waals surface area contributed by atoms with Crippen molar-refractivity contribution in [2.45, 2.75) is 19.5 Å². The molecule has 0 aliphatic rings. The number of rotatable bonds is 8. The molecule has 8 heteroatoms. The number of nitrogens with zero attached hydrogens (tertiary/aromatic N) is 3. The van der Waals surface area contributed by atoms with Crippen molar-refractivity contribution in [3.8, 4) is 11.5 Å². The van der Waals surface area contributed by atoms with Crippen LogP contribution in [0.3, 0.4) is 0 Å². The fraction of sp³-hybridized carbons (Fsp3) is 0.412. The van der Waals surface area contributed by atoms with E-state index in [2.05, 4.69) is 20.7 Å². The number of para-hydroxylation sites is 1. The van der Waals surface area contributed by atoms with Gasteiger partial charge in [-0.05, 0) is 18.6 Å². The molecule has 25 heavy (non-hydrogen) atoms. The minimum Gasteiger partial charge on any atom is -0.493 e. The average molecular weight is 459 g/mol. The third-order valence-electron chi connectivity index (χ3n) is 3.57. The lowest BCUT2D eigenvalue weighted by Gasteiger charge is -2.15. The van der Waals surface area contributed by atoms with Gasteiger partial charge < -0.3 is 20.1 Å². The lowest BCUT2D eigenvalue weighted by atomic mass is 10.2. The molecule has 1 aromatic heterocycles. The molecule has 0 fully saturated rings. The number of hydrogen-bond acceptors (Lipinski definition) is 4. The molecule has 0 radical (unpaired) electrons. The highest BCUT2D eigenvalue weighted by molar-refractivity contribution is 14.0. The second-order valence-corrected chi connectivity index (χ2v) is 5.13. The van der Waals surface area contributed by atoms with Crippen LogP contribution in [-0.4, -0.2) is 43.6 Å². The van der Waals surface area contributed by atoms with Crippen LogP contribution in [0.4, 0.5) is 0 Å². The fourth-order valence-corrected chi connectivity index (χ4v) is 2.37. The summed E-state index contributed by atoms with van der Waals surface area (Å²) in [5.74, 6) is 2.21. The van der Waals surface area contributed by atoms with E-state index in [1.54, 1.807) is 27.5 Å². The number of aryl methyl sites for hydroxylation is 1. The molecule has 138 valence electrons. The van der Waals surface area contributed by atoms with Crippen molar-refractivity contribution < 1.29 is 9.47 Å². The minimum absolute atomic E-state index is 0. The number of benzene rings is 1. The van der Waals surface area contributed by atoms with Crippen molar-refractivity contribution in [2.24, 2.45) is 4.99 Å². The number of halogens is 1. The molecule has 0 aliphatic carbocycles. The molecule has 0 saturated heterocycles. The lowest BCUT2D eigenvalue weighted by molar-refractivity contribution is 0.351. The minimum atomic E-state index is 0. The van der Waals surface area contributed by atoms with Gasteiger partial charge in [0.1, 0.15) is 0 Å². The van der Waals surface area contributed by atoms with Gasteiger partial charge >= 0.3 is 0 Å². The van der Waals surface area contributed by atoms with Gasteiger partial charge in [0.15, 0.2) is 17.5 Å². The monoisotopic (exact) mass is 459 g/mol. The van der Waals surface area contributed by atoms with E-state index in [1.165, 1.54) is 0 Å². The van der Waals surface area contributed by atoms with Gasteiger partial charge in [-0.3, -0.25) is 9.67 Å². The Morgan fingerprint density at radius 1 is 1.20 bits per heavy atom. The molecule has 7 nitrogen and oxygen atoms in total. The predicted octanol–water partition coefficient (Wildman–Crippen LogP) is 2.27. The van der Waals surface area contributed by atoms with Crippen LogP contribution in [0.25, 0.3) is 0 Å². The standard InChI is InChI=1S/C17H25N5O2.HI/c1-18-17(19-9-5-11-22-12-6-10-21-22)20-13-14-7-4-8-15(23-2)16(14)24-3;/h4,6-8,10,12H,5,9,11,13H2,1-3H3,(H2,18,19,20);1H.